The van der Waals surface area contributed by atoms with Crippen LogP contribution in [0.2, 0.25) is 0 Å². The number of para-hydroxylation sites is 1. The van der Waals surface area contributed by atoms with E-state index in [1.807, 2.05) is 18.2 Å². The molecule has 1 saturated heterocycles. The molecule has 1 atom stereocenters. The lowest BCUT2D eigenvalue weighted by atomic mass is 10.0. The Morgan fingerprint density at radius 1 is 1.11 bits per heavy atom. The number of amides is 1. The third-order valence-corrected chi connectivity index (χ3v) is 5.62. The third kappa shape index (κ3) is 5.76. The first-order valence-electron chi connectivity index (χ1n) is 10.9. The number of ether oxygens (including phenoxy) is 1. The molecule has 0 spiro atoms. The van der Waals surface area contributed by atoms with Gasteiger partial charge in [-0.25, -0.2) is 18.6 Å². The topological polar surface area (TPSA) is 108 Å². The van der Waals surface area contributed by atoms with Crippen LogP contribution < -0.4 is 4.74 Å². The number of alkyl halides is 5. The van der Waals surface area contributed by atoms with Gasteiger partial charge in [0.15, 0.2) is 6.10 Å². The summed E-state index contributed by atoms with van der Waals surface area (Å²) in [6, 6.07) is 14.2. The number of hydrogen-bond acceptors (Lipinski definition) is 5. The molecule has 1 fully saturated rings. The third-order valence-electron chi connectivity index (χ3n) is 5.62. The maximum absolute atomic E-state index is 14.6. The summed E-state index contributed by atoms with van der Waals surface area (Å²) in [7, 11) is 0. The van der Waals surface area contributed by atoms with E-state index < -0.39 is 36.5 Å². The van der Waals surface area contributed by atoms with Gasteiger partial charge in [-0.15, -0.1) is 0 Å². The Kier molecular flexibility index (Phi) is 6.96. The number of nitrogens with one attached hydrogen (secondary N) is 1. The van der Waals surface area contributed by atoms with Crippen LogP contribution in [0.4, 0.5) is 22.0 Å². The van der Waals surface area contributed by atoms with Gasteiger partial charge in [0.1, 0.15) is 5.69 Å². The van der Waals surface area contributed by atoms with E-state index in [1.165, 1.54) is 11.1 Å². The highest BCUT2D eigenvalue weighted by Crippen LogP contribution is 2.32. The number of aromatic amines is 1. The van der Waals surface area contributed by atoms with Crippen molar-refractivity contribution < 1.29 is 41.4 Å². The Morgan fingerprint density at radius 2 is 1.84 bits per heavy atom. The summed E-state index contributed by atoms with van der Waals surface area (Å²) in [5, 5.41) is 8.68. The number of carboxylic acids is 1. The Morgan fingerprint density at radius 3 is 2.57 bits per heavy atom. The molecule has 1 amide bonds. The number of benzene rings is 1. The van der Waals surface area contributed by atoms with Crippen molar-refractivity contribution in [1.29, 1.82) is 0 Å². The first-order chi connectivity index (χ1) is 17.5. The first kappa shape index (κ1) is 25.8. The molecule has 0 radical (unpaired) electrons. The van der Waals surface area contributed by atoms with Crippen molar-refractivity contribution in [3.05, 3.63) is 66.6 Å². The van der Waals surface area contributed by atoms with Gasteiger partial charge in [0.05, 0.1) is 12.1 Å². The number of aromatic nitrogens is 3. The van der Waals surface area contributed by atoms with Crippen LogP contribution in [0.15, 0.2) is 60.9 Å². The van der Waals surface area contributed by atoms with Gasteiger partial charge in [-0.2, -0.15) is 13.2 Å². The number of piperidine rings is 1. The van der Waals surface area contributed by atoms with Gasteiger partial charge in [0.2, 0.25) is 5.88 Å². The Labute approximate surface area is 205 Å². The van der Waals surface area contributed by atoms with Crippen molar-refractivity contribution in [2.24, 2.45) is 0 Å². The van der Waals surface area contributed by atoms with Crippen molar-refractivity contribution in [3.8, 4) is 5.88 Å². The van der Waals surface area contributed by atoms with Crippen LogP contribution >= 0.6 is 0 Å². The van der Waals surface area contributed by atoms with Crippen LogP contribution in [0.3, 0.4) is 0 Å². The van der Waals surface area contributed by atoms with Crippen molar-refractivity contribution in [2.45, 2.75) is 24.6 Å². The van der Waals surface area contributed by atoms with Gasteiger partial charge in [0.25, 0.3) is 11.8 Å². The lowest BCUT2D eigenvalue weighted by Crippen LogP contribution is -2.55. The second-order valence-corrected chi connectivity index (χ2v) is 8.11. The number of rotatable bonds is 3. The summed E-state index contributed by atoms with van der Waals surface area (Å²) in [6.45, 7) is -0.317. The van der Waals surface area contributed by atoms with E-state index in [0.29, 0.717) is 10.9 Å². The van der Waals surface area contributed by atoms with Crippen LogP contribution in [-0.4, -0.2) is 68.1 Å². The van der Waals surface area contributed by atoms with Gasteiger partial charge >= 0.3 is 12.1 Å². The highest BCUT2D eigenvalue weighted by Gasteiger charge is 2.47. The number of hydrogen-bond donors (Lipinski definition) is 2. The fourth-order valence-electron chi connectivity index (χ4n) is 3.74. The number of aliphatic carboxylic acids is 1. The van der Waals surface area contributed by atoms with Crippen LogP contribution in [0.5, 0.6) is 5.88 Å². The standard InChI is InChI=1S/C22H18F2N4O2.C2HF3O2/c23-22(24)9-12-28(21(29)20-15-7-10-25-17(15)8-11-26-20)13-18(22)30-19-6-5-14-3-1-2-4-16(14)27-19;3-2(4,5)1(6)7/h1-8,10-11,18,25H,9,12-13H2;(H,6,7)/t18-;/m0./s1. The quantitative estimate of drug-likeness (QED) is 0.379. The monoisotopic (exact) mass is 522 g/mol. The van der Waals surface area contributed by atoms with Gasteiger partial charge < -0.3 is 19.7 Å². The Bertz CT molecular complexity index is 1440. The molecule has 2 N–H and O–H groups in total. The summed E-state index contributed by atoms with van der Waals surface area (Å²) >= 11 is 0. The van der Waals surface area contributed by atoms with Crippen molar-refractivity contribution in [1.82, 2.24) is 19.9 Å². The number of H-pyrrole nitrogens is 1. The van der Waals surface area contributed by atoms with Crippen molar-refractivity contribution >= 4 is 33.7 Å². The smallest absolute Gasteiger partial charge is 0.475 e. The molecule has 0 unspecified atom stereocenters. The number of halogens is 5. The van der Waals surface area contributed by atoms with Crippen molar-refractivity contribution in [3.63, 3.8) is 0 Å². The summed E-state index contributed by atoms with van der Waals surface area (Å²) in [6.07, 6.45) is -3.82. The normalized spacial score (nSPS) is 17.2. The summed E-state index contributed by atoms with van der Waals surface area (Å²) < 4.78 is 66.5. The molecular formula is C24H19F5N4O4. The summed E-state index contributed by atoms with van der Waals surface area (Å²) in [4.78, 5) is 34.8. The number of likely N-dealkylation sites (tertiary alicyclic amines) is 1. The minimum atomic E-state index is -5.08. The van der Waals surface area contributed by atoms with E-state index in [2.05, 4.69) is 15.0 Å². The van der Waals surface area contributed by atoms with Gasteiger partial charge in [-0.05, 0) is 24.3 Å². The SMILES string of the molecule is O=C(O)C(F)(F)F.O=C(c1nccc2[nH]ccc12)N1CCC(F)(F)[C@@H](Oc2ccc3ccccc3n2)C1. The lowest BCUT2D eigenvalue weighted by molar-refractivity contribution is -0.192. The zero-order chi connectivity index (χ0) is 26.8. The predicted octanol–water partition coefficient (Wildman–Crippen LogP) is 4.67. The molecular weight excluding hydrogens is 503 g/mol. The number of nitrogens with zero attached hydrogens (tertiary/aromatic N) is 3. The van der Waals surface area contributed by atoms with E-state index in [-0.39, 0.29) is 24.7 Å². The number of carbonyl (C=O) groups excluding carboxylic acids is 1. The number of carboxylic acid groups (broad SMARTS) is 1. The van der Waals surface area contributed by atoms with Crippen molar-refractivity contribution in [2.75, 3.05) is 13.1 Å². The zero-order valence-electron chi connectivity index (χ0n) is 18.9. The molecule has 4 heterocycles. The average Bonchev–Trinajstić information content (AvgIpc) is 3.34. The van der Waals surface area contributed by atoms with E-state index in [1.54, 1.807) is 36.5 Å². The van der Waals surface area contributed by atoms with Crippen LogP contribution in [0, 0.1) is 0 Å². The number of fused-ring (bicyclic) bond motifs is 2. The van der Waals surface area contributed by atoms with Gasteiger partial charge in [0, 0.05) is 47.7 Å². The number of pyridine rings is 2. The van der Waals surface area contributed by atoms with Gasteiger partial charge in [-0.3, -0.25) is 9.78 Å². The number of carbonyl (C=O) groups is 2. The molecule has 1 aliphatic heterocycles. The second-order valence-electron chi connectivity index (χ2n) is 8.11. The average molecular weight is 522 g/mol. The molecule has 37 heavy (non-hydrogen) atoms. The van der Waals surface area contributed by atoms with Crippen LogP contribution in [0.25, 0.3) is 21.8 Å². The van der Waals surface area contributed by atoms with Crippen LogP contribution in [-0.2, 0) is 4.79 Å². The molecule has 1 aromatic carbocycles. The van der Waals surface area contributed by atoms with Gasteiger partial charge in [-0.1, -0.05) is 18.2 Å². The maximum atomic E-state index is 14.6. The first-order valence-corrected chi connectivity index (χ1v) is 10.9. The predicted molar refractivity (Wildman–Crippen MR) is 121 cm³/mol. The zero-order valence-corrected chi connectivity index (χ0v) is 18.9. The maximum Gasteiger partial charge on any atom is 0.490 e. The Balaban J connectivity index is 0.000000405. The molecule has 194 valence electrons. The molecule has 1 aliphatic rings. The minimum absolute atomic E-state index is 0.0701. The molecule has 0 saturated carbocycles. The Hall–Kier alpha value is -4.29. The highest BCUT2D eigenvalue weighted by molar-refractivity contribution is 6.04. The van der Waals surface area contributed by atoms with E-state index in [0.717, 1.165) is 10.9 Å². The molecule has 4 aromatic rings. The molecule has 0 aliphatic carbocycles. The van der Waals surface area contributed by atoms with E-state index >= 15 is 0 Å². The molecule has 8 nitrogen and oxygen atoms in total. The molecule has 3 aromatic heterocycles. The lowest BCUT2D eigenvalue weighted by Gasteiger charge is -2.37. The second kappa shape index (κ2) is 9.99. The largest absolute Gasteiger partial charge is 0.490 e. The van der Waals surface area contributed by atoms with E-state index in [4.69, 9.17) is 14.6 Å². The summed E-state index contributed by atoms with van der Waals surface area (Å²) in [5.41, 5.74) is 1.66. The fraction of sp³-hybridized carbons (Fsp3) is 0.250. The molecule has 5 rings (SSSR count). The van der Waals surface area contributed by atoms with E-state index in [9.17, 15) is 26.7 Å². The molecule has 0 bridgehead atoms. The molecule has 13 heteroatoms. The van der Waals surface area contributed by atoms with Crippen LogP contribution in [0.1, 0.15) is 16.9 Å². The summed E-state index contributed by atoms with van der Waals surface area (Å²) in [5.74, 6) is -6.11. The minimum Gasteiger partial charge on any atom is -0.475 e. The highest BCUT2D eigenvalue weighted by atomic mass is 19.4. The fourth-order valence-corrected chi connectivity index (χ4v) is 3.74.